The second-order valence-electron chi connectivity index (χ2n) is 23.1. The van der Waals surface area contributed by atoms with Gasteiger partial charge in [-0.1, -0.05) is 88.4 Å². The van der Waals surface area contributed by atoms with E-state index in [0.29, 0.717) is 84.1 Å². The second-order valence-corrected chi connectivity index (χ2v) is 23.1. The van der Waals surface area contributed by atoms with Crippen molar-refractivity contribution in [3.05, 3.63) is 102 Å². The van der Waals surface area contributed by atoms with Gasteiger partial charge in [0.1, 0.15) is 12.3 Å². The Morgan fingerprint density at radius 1 is 0.482 bits per heavy atom. The lowest BCUT2D eigenvalue weighted by Crippen LogP contribution is -2.53. The Morgan fingerprint density at radius 2 is 0.871 bits per heavy atom. The molecule has 8 amide bonds. The van der Waals surface area contributed by atoms with Crippen molar-refractivity contribution in [1.82, 2.24) is 49.5 Å². The van der Waals surface area contributed by atoms with Crippen LogP contribution in [0.5, 0.6) is 0 Å². The molecule has 2 aromatic carbocycles. The van der Waals surface area contributed by atoms with Gasteiger partial charge in [-0.05, 0) is 119 Å². The summed E-state index contributed by atoms with van der Waals surface area (Å²) >= 11 is 0. The summed E-state index contributed by atoms with van der Waals surface area (Å²) in [6.07, 6.45) is 7.70. The minimum atomic E-state index is -0.546. The molecule has 22 heteroatoms. The quantitative estimate of drug-likeness (QED) is 0.0595. The van der Waals surface area contributed by atoms with Gasteiger partial charge >= 0.3 is 0 Å². The molecule has 0 bridgehead atoms. The Labute approximate surface area is 504 Å². The van der Waals surface area contributed by atoms with Crippen LogP contribution in [0.1, 0.15) is 109 Å². The van der Waals surface area contributed by atoms with Gasteiger partial charge < -0.3 is 61.7 Å². The van der Waals surface area contributed by atoms with Gasteiger partial charge in [-0.3, -0.25) is 48.1 Å². The molecule has 0 spiro atoms. The number of rotatable bonds is 41. The van der Waals surface area contributed by atoms with Crippen molar-refractivity contribution in [3.63, 3.8) is 0 Å². The largest absolute Gasteiger partial charge is 0.335 e. The number of hydrogen-bond donors (Lipinski definition) is 4. The van der Waals surface area contributed by atoms with Crippen LogP contribution in [0.4, 0.5) is 0 Å². The number of ketones is 1. The van der Waals surface area contributed by atoms with Gasteiger partial charge in [0.25, 0.3) is 0 Å². The third-order valence-corrected chi connectivity index (χ3v) is 14.6. The number of aromatic nitrogens is 1. The zero-order chi connectivity index (χ0) is 62.3. The standard InChI is InChI=1S/C63H97N13O9/c1-48(2)37-73(39-50(5)77)60(82)43-72(34-18-15-29-66)59(81)46-75(40-55(52-19-9-7-10-20-52)53-21-11-8-12-22-53)61(83)44-71(33-17-14-28-65)57(79)42-70(32-16-13-27-64)58(80)45-74(38-49(3)4)62(84)47-76(54-23-24-54)63(85)41-69(6)56(78)36-68-35-51-25-30-67-31-26-51/h7-12,19-22,25-26,30-31,48-49,54-55,68H,13-18,23-24,27-29,32-47,64-66H2,1-6H3. The lowest BCUT2D eigenvalue weighted by Gasteiger charge is -2.34. The number of amides is 8. The number of carbonyl (C=O) groups excluding carboxylic acids is 9. The van der Waals surface area contributed by atoms with Crippen molar-refractivity contribution in [2.75, 3.05) is 125 Å². The maximum atomic E-state index is 15.2. The molecule has 1 aliphatic rings. The van der Waals surface area contributed by atoms with Crippen LogP contribution in [0.2, 0.25) is 0 Å². The van der Waals surface area contributed by atoms with E-state index in [-0.39, 0.29) is 95.0 Å². The average Bonchev–Trinajstić information content (AvgIpc) is 4.39. The van der Waals surface area contributed by atoms with E-state index < -0.39 is 73.4 Å². The molecule has 3 aromatic rings. The Hall–Kier alpha value is -7.14. The molecule has 1 heterocycles. The fourth-order valence-electron chi connectivity index (χ4n) is 9.83. The first-order valence-electron chi connectivity index (χ1n) is 30.2. The van der Waals surface area contributed by atoms with E-state index >= 15 is 4.79 Å². The number of hydrogen-bond acceptors (Lipinski definition) is 14. The number of pyridine rings is 1. The van der Waals surface area contributed by atoms with Crippen LogP contribution >= 0.6 is 0 Å². The molecule has 85 heavy (non-hydrogen) atoms. The Kier molecular flexibility index (Phi) is 31.5. The third-order valence-electron chi connectivity index (χ3n) is 14.6. The van der Waals surface area contributed by atoms with E-state index in [1.54, 1.807) is 19.4 Å². The fraction of sp³-hybridized carbons (Fsp3) is 0.587. The van der Waals surface area contributed by atoms with E-state index in [2.05, 4.69) is 10.3 Å². The molecule has 0 unspecified atom stereocenters. The smallest absolute Gasteiger partial charge is 0.242 e. The van der Waals surface area contributed by atoms with Crippen LogP contribution in [0.3, 0.4) is 0 Å². The molecule has 22 nitrogen and oxygen atoms in total. The molecule has 0 aliphatic heterocycles. The summed E-state index contributed by atoms with van der Waals surface area (Å²) in [7, 11) is 1.54. The monoisotopic (exact) mass is 1180 g/mol. The number of unbranched alkanes of at least 4 members (excludes halogenated alkanes) is 3. The SMILES string of the molecule is CC(=O)CN(CC(C)C)C(=O)CN(CCCCN)C(=O)CN(CC(c1ccccc1)c1ccccc1)C(=O)CN(CCCCN)C(=O)CN(CCCCN)C(=O)CN(CC(C)C)C(=O)CN(C(=O)CN(C)C(=O)CNCc1ccncc1)C1CC1. The van der Waals surface area contributed by atoms with Crippen LogP contribution in [0.25, 0.3) is 0 Å². The molecule has 0 atom stereocenters. The van der Waals surface area contributed by atoms with Gasteiger partial charge in [0.2, 0.25) is 47.3 Å². The fourth-order valence-corrected chi connectivity index (χ4v) is 9.83. The summed E-state index contributed by atoms with van der Waals surface area (Å²) in [4.78, 5) is 142. The number of Topliss-reactive ketones (excluding diaryl/α,β-unsaturated/α-hetero) is 1. The maximum absolute atomic E-state index is 15.2. The van der Waals surface area contributed by atoms with E-state index in [4.69, 9.17) is 17.2 Å². The number of nitrogens with zero attached hydrogens (tertiary/aromatic N) is 9. The Morgan fingerprint density at radius 3 is 1.27 bits per heavy atom. The molecule has 7 N–H and O–H groups in total. The zero-order valence-electron chi connectivity index (χ0n) is 51.4. The highest BCUT2D eigenvalue weighted by Crippen LogP contribution is 2.28. The molecule has 468 valence electrons. The Bertz CT molecular complexity index is 2520. The van der Waals surface area contributed by atoms with Gasteiger partial charge in [0, 0.05) is 77.2 Å². The summed E-state index contributed by atoms with van der Waals surface area (Å²) in [6, 6.07) is 22.7. The summed E-state index contributed by atoms with van der Waals surface area (Å²) in [5.41, 5.74) is 20.4. The van der Waals surface area contributed by atoms with Crippen LogP contribution in [-0.4, -0.2) is 228 Å². The summed E-state index contributed by atoms with van der Waals surface area (Å²) in [6.45, 7) is 8.72. The minimum absolute atomic E-state index is 0.00317. The lowest BCUT2D eigenvalue weighted by molar-refractivity contribution is -0.149. The highest BCUT2D eigenvalue weighted by Gasteiger charge is 2.37. The number of nitrogens with one attached hydrogen (secondary N) is 1. The van der Waals surface area contributed by atoms with Crippen LogP contribution in [-0.2, 0) is 49.7 Å². The van der Waals surface area contributed by atoms with E-state index in [0.717, 1.165) is 16.7 Å². The summed E-state index contributed by atoms with van der Waals surface area (Å²) in [5, 5.41) is 3.09. The molecule has 1 fully saturated rings. The minimum Gasteiger partial charge on any atom is -0.335 e. The van der Waals surface area contributed by atoms with Crippen molar-refractivity contribution >= 4 is 53.0 Å². The molecule has 4 rings (SSSR count). The molecular formula is C63H97N13O9. The van der Waals surface area contributed by atoms with E-state index in [1.165, 1.54) is 46.1 Å². The first-order valence-corrected chi connectivity index (χ1v) is 30.2. The second kappa shape index (κ2) is 38.0. The van der Waals surface area contributed by atoms with Gasteiger partial charge in [-0.15, -0.1) is 0 Å². The molecule has 1 aliphatic carbocycles. The number of benzene rings is 2. The predicted molar refractivity (Wildman–Crippen MR) is 328 cm³/mol. The van der Waals surface area contributed by atoms with Crippen LogP contribution in [0.15, 0.2) is 85.2 Å². The summed E-state index contributed by atoms with van der Waals surface area (Å²) in [5.74, 6) is -4.30. The first-order chi connectivity index (χ1) is 40.7. The molecular weight excluding hydrogens is 1080 g/mol. The Balaban J connectivity index is 1.62. The van der Waals surface area contributed by atoms with Crippen molar-refractivity contribution < 1.29 is 43.2 Å². The van der Waals surface area contributed by atoms with Crippen molar-refractivity contribution in [1.29, 1.82) is 0 Å². The zero-order valence-corrected chi connectivity index (χ0v) is 51.4. The topological polar surface area (TPSA) is 283 Å². The molecule has 1 saturated carbocycles. The highest BCUT2D eigenvalue weighted by atomic mass is 16.2. The van der Waals surface area contributed by atoms with Crippen molar-refractivity contribution in [2.45, 2.75) is 104 Å². The predicted octanol–water partition coefficient (Wildman–Crippen LogP) is 2.54. The normalized spacial score (nSPS) is 12.0. The van der Waals surface area contributed by atoms with Gasteiger partial charge in [-0.25, -0.2) is 0 Å². The van der Waals surface area contributed by atoms with Gasteiger partial charge in [0.15, 0.2) is 0 Å². The number of nitrogens with two attached hydrogens (primary N) is 3. The van der Waals surface area contributed by atoms with Crippen LogP contribution < -0.4 is 22.5 Å². The van der Waals surface area contributed by atoms with Gasteiger partial charge in [-0.2, -0.15) is 0 Å². The van der Waals surface area contributed by atoms with Crippen molar-refractivity contribution in [2.24, 2.45) is 29.0 Å². The molecule has 0 radical (unpaired) electrons. The highest BCUT2D eigenvalue weighted by molar-refractivity contribution is 5.94. The van der Waals surface area contributed by atoms with E-state index in [1.807, 2.05) is 100 Å². The van der Waals surface area contributed by atoms with Crippen molar-refractivity contribution in [3.8, 4) is 0 Å². The molecule has 1 aromatic heterocycles. The van der Waals surface area contributed by atoms with Gasteiger partial charge in [0.05, 0.1) is 52.4 Å². The number of carbonyl (C=O) groups is 9. The van der Waals surface area contributed by atoms with E-state index in [9.17, 15) is 38.4 Å². The third kappa shape index (κ3) is 25.9. The molecule has 0 saturated heterocycles. The number of likely N-dealkylation sites (N-methyl/N-ethyl adjacent to an activating group) is 1. The maximum Gasteiger partial charge on any atom is 0.242 e. The summed E-state index contributed by atoms with van der Waals surface area (Å²) < 4.78 is 0. The first kappa shape index (κ1) is 70.3. The lowest BCUT2D eigenvalue weighted by atomic mass is 9.90. The van der Waals surface area contributed by atoms with Crippen LogP contribution in [0, 0.1) is 11.8 Å². The average molecular weight is 1180 g/mol.